The molecule has 0 saturated carbocycles. The maximum Gasteiger partial charge on any atom is 0.247 e. The highest BCUT2D eigenvalue weighted by atomic mass is 32.2. The van der Waals surface area contributed by atoms with Crippen LogP contribution in [0.1, 0.15) is 11.1 Å². The molecule has 9 nitrogen and oxygen atoms in total. The molecule has 2 N–H and O–H groups in total. The standard InChI is InChI=1S/C29H24FN5O4S/c1-39-25-16-26-20(12-13-40(26,37)38)15-24(25)32-29-33-27-11-6-21(17-35(27)34-29)19-4-9-23(10-5-19)31-28(36)14-18-2-7-22(30)8-3-18/h2-11,15-17H,12-14H2,1H3,(H,31,36)(H,32,34). The number of halogens is 1. The lowest BCUT2D eigenvalue weighted by molar-refractivity contribution is -0.115. The number of sulfone groups is 1. The maximum atomic E-state index is 13.1. The van der Waals surface area contributed by atoms with Crippen LogP contribution >= 0.6 is 0 Å². The van der Waals surface area contributed by atoms with Gasteiger partial charge in [-0.25, -0.2) is 17.3 Å². The molecule has 0 aliphatic carbocycles. The molecule has 0 saturated heterocycles. The van der Waals surface area contributed by atoms with Gasteiger partial charge in [0, 0.05) is 23.5 Å². The number of aryl methyl sites for hydroxylation is 1. The summed E-state index contributed by atoms with van der Waals surface area (Å²) in [7, 11) is -1.79. The molecule has 1 amide bonds. The van der Waals surface area contributed by atoms with E-state index in [9.17, 15) is 17.6 Å². The number of amides is 1. The summed E-state index contributed by atoms with van der Waals surface area (Å²) >= 11 is 0. The highest BCUT2D eigenvalue weighted by molar-refractivity contribution is 7.91. The zero-order chi connectivity index (χ0) is 27.9. The fourth-order valence-corrected chi connectivity index (χ4v) is 6.23. The van der Waals surface area contributed by atoms with Crippen molar-refractivity contribution in [1.82, 2.24) is 14.6 Å². The number of aromatic nitrogens is 3. The topological polar surface area (TPSA) is 115 Å². The SMILES string of the molecule is COc1cc2c(cc1Nc1nc3ccc(-c4ccc(NC(=O)Cc5ccc(F)cc5)cc4)cn3n1)CCS2(=O)=O. The van der Waals surface area contributed by atoms with E-state index in [0.29, 0.717) is 40.0 Å². The number of nitrogens with one attached hydrogen (secondary N) is 2. The molecule has 0 spiro atoms. The Morgan fingerprint density at radius 1 is 1.02 bits per heavy atom. The van der Waals surface area contributed by atoms with E-state index in [0.717, 1.165) is 22.3 Å². The van der Waals surface area contributed by atoms with Crippen molar-refractivity contribution < 1.29 is 22.3 Å². The smallest absolute Gasteiger partial charge is 0.247 e. The number of pyridine rings is 1. The van der Waals surface area contributed by atoms with E-state index in [4.69, 9.17) is 4.74 Å². The van der Waals surface area contributed by atoms with Gasteiger partial charge in [0.05, 0.1) is 29.9 Å². The number of fused-ring (bicyclic) bond motifs is 2. The highest BCUT2D eigenvalue weighted by Gasteiger charge is 2.28. The lowest BCUT2D eigenvalue weighted by Gasteiger charge is -2.11. The van der Waals surface area contributed by atoms with Crippen molar-refractivity contribution in [1.29, 1.82) is 0 Å². The van der Waals surface area contributed by atoms with Crippen LogP contribution in [-0.4, -0.2) is 41.8 Å². The molecule has 1 aliphatic rings. The van der Waals surface area contributed by atoms with Gasteiger partial charge in [0.15, 0.2) is 15.5 Å². The van der Waals surface area contributed by atoms with Crippen LogP contribution in [0.2, 0.25) is 0 Å². The average Bonchev–Trinajstić information content (AvgIpc) is 3.48. The third-order valence-electron chi connectivity index (χ3n) is 6.72. The van der Waals surface area contributed by atoms with Gasteiger partial charge in [-0.1, -0.05) is 24.3 Å². The first kappa shape index (κ1) is 25.5. The number of rotatable bonds is 7. The van der Waals surface area contributed by atoms with Crippen LogP contribution in [-0.2, 0) is 27.5 Å². The number of ether oxygens (including phenoxy) is 1. The molecule has 5 aromatic rings. The highest BCUT2D eigenvalue weighted by Crippen LogP contribution is 2.36. The summed E-state index contributed by atoms with van der Waals surface area (Å²) in [6.45, 7) is 0. The Labute approximate surface area is 229 Å². The molecule has 3 aromatic carbocycles. The summed E-state index contributed by atoms with van der Waals surface area (Å²) in [5, 5.41) is 10.5. The predicted molar refractivity (Wildman–Crippen MR) is 149 cm³/mol. The minimum absolute atomic E-state index is 0.0910. The summed E-state index contributed by atoms with van der Waals surface area (Å²) in [5.41, 5.74) is 5.15. The monoisotopic (exact) mass is 557 g/mol. The number of methoxy groups -OCH3 is 1. The summed E-state index contributed by atoms with van der Waals surface area (Å²) in [5.74, 6) is 0.303. The number of benzene rings is 3. The van der Waals surface area contributed by atoms with Crippen molar-refractivity contribution >= 4 is 38.7 Å². The van der Waals surface area contributed by atoms with Crippen LogP contribution in [0, 0.1) is 5.82 Å². The first-order valence-corrected chi connectivity index (χ1v) is 14.1. The molecule has 3 heterocycles. The molecular weight excluding hydrogens is 533 g/mol. The van der Waals surface area contributed by atoms with E-state index in [1.54, 1.807) is 28.8 Å². The molecule has 6 rings (SSSR count). The molecule has 202 valence electrons. The second-order valence-corrected chi connectivity index (χ2v) is 11.5. The molecule has 2 aromatic heterocycles. The third-order valence-corrected chi connectivity index (χ3v) is 8.51. The van der Waals surface area contributed by atoms with Crippen LogP contribution in [0.4, 0.5) is 21.7 Å². The lowest BCUT2D eigenvalue weighted by Crippen LogP contribution is -2.14. The minimum Gasteiger partial charge on any atom is -0.495 e. The number of nitrogens with zero attached hydrogens (tertiary/aromatic N) is 3. The van der Waals surface area contributed by atoms with E-state index < -0.39 is 9.84 Å². The summed E-state index contributed by atoms with van der Waals surface area (Å²) < 4.78 is 44.7. The zero-order valence-electron chi connectivity index (χ0n) is 21.4. The fraction of sp³-hybridized carbons (Fsp3) is 0.138. The molecule has 0 bridgehead atoms. The Kier molecular flexibility index (Phi) is 6.43. The van der Waals surface area contributed by atoms with Crippen LogP contribution in [0.25, 0.3) is 16.8 Å². The minimum atomic E-state index is -3.28. The van der Waals surface area contributed by atoms with Gasteiger partial charge >= 0.3 is 0 Å². The van der Waals surface area contributed by atoms with Crippen molar-refractivity contribution in [2.75, 3.05) is 23.5 Å². The summed E-state index contributed by atoms with van der Waals surface area (Å²) in [6.07, 6.45) is 2.45. The van der Waals surface area contributed by atoms with Crippen molar-refractivity contribution in [3.63, 3.8) is 0 Å². The molecule has 0 radical (unpaired) electrons. The zero-order valence-corrected chi connectivity index (χ0v) is 22.2. The van der Waals surface area contributed by atoms with Crippen molar-refractivity contribution in [2.24, 2.45) is 0 Å². The summed E-state index contributed by atoms with van der Waals surface area (Å²) in [4.78, 5) is 17.2. The first-order chi connectivity index (χ1) is 19.3. The molecule has 11 heteroatoms. The van der Waals surface area contributed by atoms with Crippen molar-refractivity contribution in [3.8, 4) is 16.9 Å². The number of hydrogen-bond donors (Lipinski definition) is 2. The normalized spacial score (nSPS) is 13.7. The molecule has 0 fully saturated rings. The van der Waals surface area contributed by atoms with Gasteiger partial charge in [-0.15, -0.1) is 5.10 Å². The van der Waals surface area contributed by atoms with Crippen molar-refractivity contribution in [2.45, 2.75) is 17.7 Å². The van der Waals surface area contributed by atoms with Crippen LogP contribution in [0.15, 0.2) is 83.9 Å². The number of carbonyl (C=O) groups excluding carboxylic acids is 1. The van der Waals surface area contributed by atoms with E-state index in [-0.39, 0.29) is 23.9 Å². The number of carbonyl (C=O) groups is 1. The second-order valence-electron chi connectivity index (χ2n) is 9.44. The van der Waals surface area contributed by atoms with E-state index in [1.807, 2.05) is 42.6 Å². The van der Waals surface area contributed by atoms with Gasteiger partial charge in [0.25, 0.3) is 0 Å². The van der Waals surface area contributed by atoms with E-state index in [2.05, 4.69) is 20.7 Å². The van der Waals surface area contributed by atoms with Gasteiger partial charge in [-0.3, -0.25) is 4.79 Å². The van der Waals surface area contributed by atoms with Crippen LogP contribution < -0.4 is 15.4 Å². The number of hydrogen-bond acceptors (Lipinski definition) is 7. The second kappa shape index (κ2) is 10.1. The van der Waals surface area contributed by atoms with Gasteiger partial charge in [0.2, 0.25) is 11.9 Å². The summed E-state index contributed by atoms with van der Waals surface area (Å²) in [6, 6.07) is 20.4. The van der Waals surface area contributed by atoms with Gasteiger partial charge in [-0.2, -0.15) is 4.98 Å². The van der Waals surface area contributed by atoms with E-state index >= 15 is 0 Å². The fourth-order valence-electron chi connectivity index (χ4n) is 4.68. The Hall–Kier alpha value is -4.77. The predicted octanol–water partition coefficient (Wildman–Crippen LogP) is 4.80. The molecule has 1 aliphatic heterocycles. The lowest BCUT2D eigenvalue weighted by atomic mass is 10.1. The van der Waals surface area contributed by atoms with Crippen LogP contribution in [0.5, 0.6) is 5.75 Å². The first-order valence-electron chi connectivity index (χ1n) is 12.5. The molecular formula is C29H24FN5O4S. The Bertz CT molecular complexity index is 1850. The van der Waals surface area contributed by atoms with Crippen molar-refractivity contribution in [3.05, 3.63) is 95.9 Å². The largest absolute Gasteiger partial charge is 0.495 e. The maximum absolute atomic E-state index is 13.1. The quantitative estimate of drug-likeness (QED) is 0.296. The van der Waals surface area contributed by atoms with Crippen LogP contribution in [0.3, 0.4) is 0 Å². The molecule has 0 unspecified atom stereocenters. The number of anilines is 3. The average molecular weight is 558 g/mol. The molecule has 0 atom stereocenters. The van der Waals surface area contributed by atoms with Gasteiger partial charge in [-0.05, 0) is 65.6 Å². The Morgan fingerprint density at radius 3 is 2.52 bits per heavy atom. The third kappa shape index (κ3) is 5.10. The van der Waals surface area contributed by atoms with Gasteiger partial charge in [0.1, 0.15) is 11.6 Å². The molecule has 40 heavy (non-hydrogen) atoms. The van der Waals surface area contributed by atoms with Gasteiger partial charge < -0.3 is 15.4 Å². The Balaban J connectivity index is 1.17. The van der Waals surface area contributed by atoms with E-state index in [1.165, 1.54) is 19.2 Å². The Morgan fingerprint density at radius 2 is 1.77 bits per heavy atom.